The van der Waals surface area contributed by atoms with Gasteiger partial charge in [-0.2, -0.15) is 0 Å². The van der Waals surface area contributed by atoms with Gasteiger partial charge in [-0.15, -0.1) is 0 Å². The van der Waals surface area contributed by atoms with Crippen LogP contribution in [-0.2, 0) is 12.8 Å². The van der Waals surface area contributed by atoms with Crippen molar-refractivity contribution in [3.05, 3.63) is 29.3 Å². The molecule has 1 aromatic rings. The lowest BCUT2D eigenvalue weighted by molar-refractivity contribution is -0.0526. The third kappa shape index (κ3) is 2.17. The van der Waals surface area contributed by atoms with Crippen molar-refractivity contribution in [2.45, 2.75) is 43.7 Å². The molecule has 1 aromatic carbocycles. The molecule has 92 valence electrons. The van der Waals surface area contributed by atoms with Gasteiger partial charge in [-0.25, -0.2) is 0 Å². The molecule has 3 rings (SSSR count). The van der Waals surface area contributed by atoms with Crippen LogP contribution < -0.4 is 10.5 Å². The Balaban J connectivity index is 1.62. The van der Waals surface area contributed by atoms with Gasteiger partial charge in [-0.05, 0) is 42.9 Å². The van der Waals surface area contributed by atoms with Crippen molar-refractivity contribution in [2.24, 2.45) is 5.73 Å². The fourth-order valence-corrected chi connectivity index (χ4v) is 2.89. The fraction of sp³-hybridized carbons (Fsp3) is 0.571. The van der Waals surface area contributed by atoms with E-state index >= 15 is 0 Å². The van der Waals surface area contributed by atoms with Crippen molar-refractivity contribution in [3.8, 4) is 5.75 Å². The van der Waals surface area contributed by atoms with Crippen molar-refractivity contribution >= 4 is 0 Å². The fourth-order valence-electron chi connectivity index (χ4n) is 2.89. The van der Waals surface area contributed by atoms with E-state index in [-0.39, 0.29) is 6.04 Å². The summed E-state index contributed by atoms with van der Waals surface area (Å²) < 4.78 is 5.48. The second-order valence-corrected chi connectivity index (χ2v) is 5.43. The maximum atomic E-state index is 10.1. The average Bonchev–Trinajstić information content (AvgIpc) is 2.71. The van der Waals surface area contributed by atoms with Crippen LogP contribution in [0, 0.1) is 0 Å². The largest absolute Gasteiger partial charge is 0.493 e. The van der Waals surface area contributed by atoms with Gasteiger partial charge in [0.15, 0.2) is 0 Å². The predicted octanol–water partition coefficient (Wildman–Crippen LogP) is 1.41. The number of hydrogen-bond donors (Lipinski definition) is 2. The van der Waals surface area contributed by atoms with E-state index in [1.807, 2.05) is 6.07 Å². The molecule has 0 spiro atoms. The Labute approximate surface area is 102 Å². The summed E-state index contributed by atoms with van der Waals surface area (Å²) in [7, 11) is 0. The van der Waals surface area contributed by atoms with E-state index in [0.717, 1.165) is 44.5 Å². The summed E-state index contributed by atoms with van der Waals surface area (Å²) >= 11 is 0. The molecule has 1 aliphatic heterocycles. The standard InChI is InChI=1S/C14H19NO2/c15-12-8-14(16,9-12)5-3-10-1-2-13-11(7-10)4-6-17-13/h1-2,7,12,16H,3-6,8-9,15H2. The van der Waals surface area contributed by atoms with Gasteiger partial charge in [0.1, 0.15) is 5.75 Å². The van der Waals surface area contributed by atoms with Crippen LogP contribution in [0.25, 0.3) is 0 Å². The predicted molar refractivity (Wildman–Crippen MR) is 66.1 cm³/mol. The molecule has 2 aliphatic rings. The number of benzene rings is 1. The number of aryl methyl sites for hydroxylation is 1. The maximum Gasteiger partial charge on any atom is 0.122 e. The van der Waals surface area contributed by atoms with Crippen LogP contribution in [0.1, 0.15) is 30.4 Å². The third-order valence-electron chi connectivity index (χ3n) is 3.92. The Bertz CT molecular complexity index is 424. The molecule has 0 aromatic heterocycles. The Hall–Kier alpha value is -1.06. The summed E-state index contributed by atoms with van der Waals surface area (Å²) in [6.07, 6.45) is 4.26. The first-order valence-electron chi connectivity index (χ1n) is 6.37. The number of ether oxygens (including phenoxy) is 1. The normalized spacial score (nSPS) is 30.6. The second kappa shape index (κ2) is 4.00. The average molecular weight is 233 g/mol. The van der Waals surface area contributed by atoms with E-state index in [1.165, 1.54) is 11.1 Å². The van der Waals surface area contributed by atoms with Crippen LogP contribution in [0.2, 0.25) is 0 Å². The molecule has 1 heterocycles. The lowest BCUT2D eigenvalue weighted by Gasteiger charge is -2.42. The highest BCUT2D eigenvalue weighted by molar-refractivity contribution is 5.39. The molecule has 0 amide bonds. The van der Waals surface area contributed by atoms with Crippen LogP contribution >= 0.6 is 0 Å². The SMILES string of the molecule is NC1CC(O)(CCc2ccc3c(c2)CCO3)C1. The first-order chi connectivity index (χ1) is 8.15. The highest BCUT2D eigenvalue weighted by atomic mass is 16.5. The van der Waals surface area contributed by atoms with Crippen molar-refractivity contribution in [1.29, 1.82) is 0 Å². The zero-order valence-corrected chi connectivity index (χ0v) is 9.98. The molecule has 0 radical (unpaired) electrons. The van der Waals surface area contributed by atoms with E-state index < -0.39 is 5.60 Å². The van der Waals surface area contributed by atoms with Crippen LogP contribution in [-0.4, -0.2) is 23.4 Å². The smallest absolute Gasteiger partial charge is 0.122 e. The van der Waals surface area contributed by atoms with Gasteiger partial charge in [-0.3, -0.25) is 0 Å². The maximum absolute atomic E-state index is 10.1. The number of rotatable bonds is 3. The summed E-state index contributed by atoms with van der Waals surface area (Å²) in [5.41, 5.74) is 7.82. The summed E-state index contributed by atoms with van der Waals surface area (Å²) in [4.78, 5) is 0. The second-order valence-electron chi connectivity index (χ2n) is 5.43. The highest BCUT2D eigenvalue weighted by Gasteiger charge is 2.39. The minimum absolute atomic E-state index is 0.202. The molecular formula is C14H19NO2. The molecule has 0 unspecified atom stereocenters. The summed E-state index contributed by atoms with van der Waals surface area (Å²) in [6.45, 7) is 0.803. The quantitative estimate of drug-likeness (QED) is 0.830. The Morgan fingerprint density at radius 3 is 3.00 bits per heavy atom. The van der Waals surface area contributed by atoms with Crippen LogP contribution in [0.5, 0.6) is 5.75 Å². The molecule has 1 saturated carbocycles. The molecule has 0 atom stereocenters. The third-order valence-corrected chi connectivity index (χ3v) is 3.92. The van der Waals surface area contributed by atoms with Gasteiger partial charge in [0.2, 0.25) is 0 Å². The van der Waals surface area contributed by atoms with Gasteiger partial charge < -0.3 is 15.6 Å². The van der Waals surface area contributed by atoms with E-state index in [2.05, 4.69) is 12.1 Å². The molecule has 17 heavy (non-hydrogen) atoms. The van der Waals surface area contributed by atoms with Gasteiger partial charge in [0.25, 0.3) is 0 Å². The summed E-state index contributed by atoms with van der Waals surface area (Å²) in [5, 5.41) is 10.1. The van der Waals surface area contributed by atoms with Gasteiger partial charge in [0, 0.05) is 12.5 Å². The molecule has 0 bridgehead atoms. The summed E-state index contributed by atoms with van der Waals surface area (Å²) in [5.74, 6) is 1.03. The number of fused-ring (bicyclic) bond motifs is 1. The van der Waals surface area contributed by atoms with Crippen molar-refractivity contribution in [2.75, 3.05) is 6.61 Å². The van der Waals surface area contributed by atoms with Crippen molar-refractivity contribution in [1.82, 2.24) is 0 Å². The Morgan fingerprint density at radius 1 is 1.41 bits per heavy atom. The minimum Gasteiger partial charge on any atom is -0.493 e. The summed E-state index contributed by atoms with van der Waals surface area (Å²) in [6, 6.07) is 6.57. The number of nitrogens with two attached hydrogens (primary N) is 1. The van der Waals surface area contributed by atoms with E-state index in [9.17, 15) is 5.11 Å². The highest BCUT2D eigenvalue weighted by Crippen LogP contribution is 2.35. The molecular weight excluding hydrogens is 214 g/mol. The molecule has 1 fully saturated rings. The van der Waals surface area contributed by atoms with Gasteiger partial charge in [-0.1, -0.05) is 12.1 Å². The molecule has 3 heteroatoms. The topological polar surface area (TPSA) is 55.5 Å². The van der Waals surface area contributed by atoms with Crippen molar-refractivity contribution < 1.29 is 9.84 Å². The van der Waals surface area contributed by atoms with Crippen molar-refractivity contribution in [3.63, 3.8) is 0 Å². The first-order valence-corrected chi connectivity index (χ1v) is 6.37. The zero-order chi connectivity index (χ0) is 11.9. The van der Waals surface area contributed by atoms with Crippen LogP contribution in [0.15, 0.2) is 18.2 Å². The lowest BCUT2D eigenvalue weighted by atomic mass is 9.73. The number of hydrogen-bond acceptors (Lipinski definition) is 3. The van der Waals surface area contributed by atoms with Crippen LogP contribution in [0.3, 0.4) is 0 Å². The number of aliphatic hydroxyl groups is 1. The molecule has 0 saturated heterocycles. The molecule has 3 nitrogen and oxygen atoms in total. The molecule has 3 N–H and O–H groups in total. The Kier molecular flexibility index (Phi) is 2.60. The Morgan fingerprint density at radius 2 is 2.24 bits per heavy atom. The first kappa shape index (κ1) is 11.1. The van der Waals surface area contributed by atoms with Gasteiger partial charge in [0.05, 0.1) is 12.2 Å². The lowest BCUT2D eigenvalue weighted by Crippen LogP contribution is -2.51. The zero-order valence-electron chi connectivity index (χ0n) is 9.98. The minimum atomic E-state index is -0.505. The van der Waals surface area contributed by atoms with Gasteiger partial charge >= 0.3 is 0 Å². The van der Waals surface area contributed by atoms with E-state index in [1.54, 1.807) is 0 Å². The molecule has 1 aliphatic carbocycles. The van der Waals surface area contributed by atoms with Crippen LogP contribution in [0.4, 0.5) is 0 Å². The monoisotopic (exact) mass is 233 g/mol. The van der Waals surface area contributed by atoms with E-state index in [0.29, 0.717) is 0 Å². The van der Waals surface area contributed by atoms with E-state index in [4.69, 9.17) is 10.5 Å².